The highest BCUT2D eigenvalue weighted by molar-refractivity contribution is 6.32. The average Bonchev–Trinajstić information content (AvgIpc) is 2.48. The summed E-state index contributed by atoms with van der Waals surface area (Å²) >= 11 is 0. The van der Waals surface area contributed by atoms with Crippen molar-refractivity contribution >= 4 is 23.7 Å². The minimum Gasteiger partial charge on any atom is -0.476 e. The number of carbonyl (C=O) groups excluding carboxylic acids is 3. The molecule has 1 N–H and O–H groups in total. The second-order valence-corrected chi connectivity index (χ2v) is 6.01. The fourth-order valence-electron chi connectivity index (χ4n) is 1.48. The minimum atomic E-state index is -1.57. The number of ether oxygens (including phenoxy) is 4. The summed E-state index contributed by atoms with van der Waals surface area (Å²) in [6, 6.07) is 0. The molecule has 0 atom stereocenters. The number of hydrogen-bond acceptors (Lipinski definition) is 8. The Hall–Kier alpha value is -2.00. The van der Waals surface area contributed by atoms with Crippen molar-refractivity contribution in [2.45, 2.75) is 45.6 Å². The standard InChI is InChI=1S/C16H26O9/c1-16(2,3)25-14(19)6-7-22-8-9-23-10-11-24-13(18)5-4-12(17)15(20)21/h4-11H2,1-3H3,(H,20,21). The van der Waals surface area contributed by atoms with E-state index in [2.05, 4.69) is 0 Å². The third-order valence-corrected chi connectivity index (χ3v) is 2.53. The maximum Gasteiger partial charge on any atom is 0.372 e. The van der Waals surface area contributed by atoms with E-state index in [9.17, 15) is 19.2 Å². The zero-order chi connectivity index (χ0) is 19.3. The first-order valence-electron chi connectivity index (χ1n) is 7.91. The molecule has 0 fully saturated rings. The molecular formula is C16H26O9. The minimum absolute atomic E-state index is 0.00198. The van der Waals surface area contributed by atoms with Gasteiger partial charge in [-0.05, 0) is 20.8 Å². The van der Waals surface area contributed by atoms with Gasteiger partial charge in [0.1, 0.15) is 12.2 Å². The number of rotatable bonds is 13. The number of carbonyl (C=O) groups is 4. The van der Waals surface area contributed by atoms with Crippen molar-refractivity contribution in [2.24, 2.45) is 0 Å². The highest BCUT2D eigenvalue weighted by Crippen LogP contribution is 2.07. The Morgan fingerprint density at radius 2 is 1.32 bits per heavy atom. The van der Waals surface area contributed by atoms with Crippen LogP contribution >= 0.6 is 0 Å². The summed E-state index contributed by atoms with van der Waals surface area (Å²) in [6.45, 7) is 6.29. The Morgan fingerprint density at radius 3 is 1.88 bits per heavy atom. The van der Waals surface area contributed by atoms with Crippen LogP contribution in [0.5, 0.6) is 0 Å². The zero-order valence-corrected chi connectivity index (χ0v) is 14.9. The molecule has 0 aliphatic carbocycles. The quantitative estimate of drug-likeness (QED) is 0.286. The summed E-state index contributed by atoms with van der Waals surface area (Å²) in [7, 11) is 0. The van der Waals surface area contributed by atoms with Gasteiger partial charge in [0.15, 0.2) is 0 Å². The van der Waals surface area contributed by atoms with Crippen molar-refractivity contribution in [3.63, 3.8) is 0 Å². The van der Waals surface area contributed by atoms with Crippen LogP contribution in [0, 0.1) is 0 Å². The van der Waals surface area contributed by atoms with Gasteiger partial charge >= 0.3 is 17.9 Å². The number of Topliss-reactive ketones (excluding diaryl/α,β-unsaturated/α-hetero) is 1. The van der Waals surface area contributed by atoms with Gasteiger partial charge in [-0.2, -0.15) is 0 Å². The SMILES string of the molecule is CC(C)(C)OC(=O)CCOCCOCCOC(=O)CCC(=O)C(=O)O. The first-order chi connectivity index (χ1) is 11.6. The molecule has 0 aromatic carbocycles. The molecule has 144 valence electrons. The maximum atomic E-state index is 11.4. The molecule has 9 nitrogen and oxygen atoms in total. The summed E-state index contributed by atoms with van der Waals surface area (Å²) in [6.07, 6.45) is -0.511. The van der Waals surface area contributed by atoms with E-state index in [0.717, 1.165) is 0 Å². The van der Waals surface area contributed by atoms with Crippen LogP contribution in [-0.2, 0) is 38.1 Å². The van der Waals surface area contributed by atoms with E-state index in [4.69, 9.17) is 24.1 Å². The van der Waals surface area contributed by atoms with Crippen LogP contribution in [-0.4, -0.2) is 67.4 Å². The molecule has 25 heavy (non-hydrogen) atoms. The van der Waals surface area contributed by atoms with Crippen LogP contribution in [0.3, 0.4) is 0 Å². The maximum absolute atomic E-state index is 11.4. The first-order valence-corrected chi connectivity index (χ1v) is 7.91. The molecule has 0 bridgehead atoms. The van der Waals surface area contributed by atoms with Gasteiger partial charge < -0.3 is 24.1 Å². The Labute approximate surface area is 146 Å². The topological polar surface area (TPSA) is 125 Å². The summed E-state index contributed by atoms with van der Waals surface area (Å²) in [5, 5.41) is 8.35. The van der Waals surface area contributed by atoms with E-state index < -0.39 is 23.3 Å². The molecule has 0 aromatic rings. The predicted molar refractivity (Wildman–Crippen MR) is 84.9 cm³/mol. The van der Waals surface area contributed by atoms with Crippen LogP contribution in [0.1, 0.15) is 40.0 Å². The second-order valence-electron chi connectivity index (χ2n) is 6.01. The normalized spacial score (nSPS) is 11.0. The lowest BCUT2D eigenvalue weighted by molar-refractivity contribution is -0.156. The summed E-state index contributed by atoms with van der Waals surface area (Å²) < 4.78 is 20.2. The van der Waals surface area contributed by atoms with Gasteiger partial charge in [0.05, 0.1) is 39.3 Å². The molecule has 0 aromatic heterocycles. The van der Waals surface area contributed by atoms with Crippen LogP contribution in [0.4, 0.5) is 0 Å². The lowest BCUT2D eigenvalue weighted by Gasteiger charge is -2.19. The average molecular weight is 362 g/mol. The van der Waals surface area contributed by atoms with E-state index in [-0.39, 0.29) is 58.3 Å². The molecule has 0 aliphatic rings. The molecule has 0 unspecified atom stereocenters. The van der Waals surface area contributed by atoms with Crippen LogP contribution in [0.25, 0.3) is 0 Å². The molecule has 0 saturated carbocycles. The van der Waals surface area contributed by atoms with Crippen molar-refractivity contribution in [3.8, 4) is 0 Å². The van der Waals surface area contributed by atoms with Gasteiger partial charge in [0.25, 0.3) is 0 Å². The molecular weight excluding hydrogens is 336 g/mol. The van der Waals surface area contributed by atoms with Crippen LogP contribution < -0.4 is 0 Å². The fourth-order valence-corrected chi connectivity index (χ4v) is 1.48. The largest absolute Gasteiger partial charge is 0.476 e. The molecule has 0 amide bonds. The molecule has 0 spiro atoms. The number of carboxylic acid groups (broad SMARTS) is 1. The lowest BCUT2D eigenvalue weighted by atomic mass is 10.2. The zero-order valence-electron chi connectivity index (χ0n) is 14.9. The summed E-state index contributed by atoms with van der Waals surface area (Å²) in [5.41, 5.74) is -0.515. The number of hydrogen-bond donors (Lipinski definition) is 1. The highest BCUT2D eigenvalue weighted by Gasteiger charge is 2.16. The van der Waals surface area contributed by atoms with Crippen molar-refractivity contribution in [1.29, 1.82) is 0 Å². The molecule has 0 aliphatic heterocycles. The number of carboxylic acids is 1. The van der Waals surface area contributed by atoms with Gasteiger partial charge in [-0.1, -0.05) is 0 Å². The smallest absolute Gasteiger partial charge is 0.372 e. The van der Waals surface area contributed by atoms with E-state index in [1.807, 2.05) is 0 Å². The number of ketones is 1. The van der Waals surface area contributed by atoms with Gasteiger partial charge in [-0.25, -0.2) is 4.79 Å². The first kappa shape index (κ1) is 23.0. The number of aliphatic carboxylic acids is 1. The summed E-state index contributed by atoms with van der Waals surface area (Å²) in [4.78, 5) is 43.7. The van der Waals surface area contributed by atoms with E-state index >= 15 is 0 Å². The second kappa shape index (κ2) is 12.4. The summed E-state index contributed by atoms with van der Waals surface area (Å²) in [5.74, 6) is -3.59. The van der Waals surface area contributed by atoms with Crippen molar-refractivity contribution < 1.29 is 43.2 Å². The lowest BCUT2D eigenvalue weighted by Crippen LogP contribution is -2.24. The van der Waals surface area contributed by atoms with Crippen molar-refractivity contribution in [2.75, 3.05) is 33.0 Å². The Bertz CT molecular complexity index is 451. The Balaban J connectivity index is 3.44. The Kier molecular flexibility index (Phi) is 11.4. The highest BCUT2D eigenvalue weighted by atomic mass is 16.6. The predicted octanol–water partition coefficient (Wildman–Crippen LogP) is 0.729. The van der Waals surface area contributed by atoms with Gasteiger partial charge in [0, 0.05) is 6.42 Å². The van der Waals surface area contributed by atoms with E-state index in [1.54, 1.807) is 20.8 Å². The van der Waals surface area contributed by atoms with Gasteiger partial charge in [-0.15, -0.1) is 0 Å². The molecule has 0 heterocycles. The van der Waals surface area contributed by atoms with Crippen molar-refractivity contribution in [3.05, 3.63) is 0 Å². The third-order valence-electron chi connectivity index (χ3n) is 2.53. The van der Waals surface area contributed by atoms with Gasteiger partial charge in [-0.3, -0.25) is 14.4 Å². The van der Waals surface area contributed by atoms with Gasteiger partial charge in [0.2, 0.25) is 5.78 Å². The van der Waals surface area contributed by atoms with Crippen LogP contribution in [0.15, 0.2) is 0 Å². The monoisotopic (exact) mass is 362 g/mol. The van der Waals surface area contributed by atoms with Crippen molar-refractivity contribution in [1.82, 2.24) is 0 Å². The van der Waals surface area contributed by atoms with E-state index in [1.165, 1.54) is 0 Å². The fraction of sp³-hybridized carbons (Fsp3) is 0.750. The van der Waals surface area contributed by atoms with Crippen LogP contribution in [0.2, 0.25) is 0 Å². The number of esters is 2. The Morgan fingerprint density at radius 1 is 0.760 bits per heavy atom. The molecule has 0 saturated heterocycles. The molecule has 0 radical (unpaired) electrons. The van der Waals surface area contributed by atoms with E-state index in [0.29, 0.717) is 0 Å². The molecule has 9 heteroatoms. The third kappa shape index (κ3) is 15.3. The molecule has 0 rings (SSSR count).